The molecule has 0 fully saturated rings. The summed E-state index contributed by atoms with van der Waals surface area (Å²) in [6.07, 6.45) is 0. The molecule has 0 spiro atoms. The summed E-state index contributed by atoms with van der Waals surface area (Å²) in [7, 11) is 0. The van der Waals surface area contributed by atoms with E-state index in [1.54, 1.807) is 11.8 Å². The maximum absolute atomic E-state index is 12.8. The average Bonchev–Trinajstić information content (AvgIpc) is 3.14. The number of thioether (sulfide) groups is 1. The molecule has 1 N–H and O–H groups in total. The topological polar surface area (TPSA) is 59.8 Å². The Hall–Kier alpha value is -2.60. The van der Waals surface area contributed by atoms with Crippen LogP contribution in [0.3, 0.4) is 0 Å². The molecule has 0 unspecified atom stereocenters. The molecule has 30 heavy (non-hydrogen) atoms. The number of nitrogens with one attached hydrogen (secondary N) is 1. The van der Waals surface area contributed by atoms with Crippen LogP contribution in [-0.2, 0) is 12.3 Å². The number of amides is 1. The third-order valence-corrected chi connectivity index (χ3v) is 6.13. The van der Waals surface area contributed by atoms with E-state index in [1.165, 1.54) is 11.1 Å². The number of hydrogen-bond acceptors (Lipinski definition) is 4. The van der Waals surface area contributed by atoms with Crippen LogP contribution in [0, 0.1) is 19.8 Å². The van der Waals surface area contributed by atoms with E-state index in [4.69, 9.17) is 0 Å². The molecule has 1 heterocycles. The van der Waals surface area contributed by atoms with Gasteiger partial charge in [0.05, 0.1) is 6.04 Å². The van der Waals surface area contributed by atoms with Crippen molar-refractivity contribution in [2.75, 3.05) is 0 Å². The van der Waals surface area contributed by atoms with Gasteiger partial charge in [-0.3, -0.25) is 4.79 Å². The van der Waals surface area contributed by atoms with Crippen LogP contribution in [0.4, 0.5) is 0 Å². The minimum absolute atomic E-state index is 0.0896. The van der Waals surface area contributed by atoms with E-state index in [0.717, 1.165) is 28.8 Å². The molecular weight excluding hydrogens is 392 g/mol. The van der Waals surface area contributed by atoms with E-state index >= 15 is 0 Å². The maximum atomic E-state index is 12.8. The zero-order valence-electron chi connectivity index (χ0n) is 18.3. The Labute approximate surface area is 183 Å². The molecule has 3 rings (SSSR count). The Kier molecular flexibility index (Phi) is 7.32. The lowest BCUT2D eigenvalue weighted by Gasteiger charge is -2.22. The van der Waals surface area contributed by atoms with Crippen molar-refractivity contribution in [2.45, 2.75) is 58.1 Å². The van der Waals surface area contributed by atoms with Gasteiger partial charge in [0.25, 0.3) is 5.91 Å². The van der Waals surface area contributed by atoms with E-state index in [9.17, 15) is 4.79 Å². The van der Waals surface area contributed by atoms with E-state index in [1.807, 2.05) is 31.2 Å². The number of carbonyl (C=O) groups is 1. The van der Waals surface area contributed by atoms with E-state index in [-0.39, 0.29) is 17.9 Å². The van der Waals surface area contributed by atoms with Crippen molar-refractivity contribution in [3.8, 4) is 0 Å². The van der Waals surface area contributed by atoms with Crippen LogP contribution < -0.4 is 5.32 Å². The van der Waals surface area contributed by atoms with Gasteiger partial charge in [-0.2, -0.15) is 0 Å². The largest absolute Gasteiger partial charge is 0.342 e. The Morgan fingerprint density at radius 1 is 1.00 bits per heavy atom. The number of benzene rings is 2. The highest BCUT2D eigenvalue weighted by molar-refractivity contribution is 7.98. The molecule has 0 aliphatic carbocycles. The highest BCUT2D eigenvalue weighted by atomic mass is 32.2. The Bertz CT molecular complexity index is 977. The van der Waals surface area contributed by atoms with Crippen molar-refractivity contribution in [2.24, 2.45) is 5.92 Å². The van der Waals surface area contributed by atoms with Gasteiger partial charge in [-0.05, 0) is 44.4 Å². The quantitative estimate of drug-likeness (QED) is 0.498. The third kappa shape index (κ3) is 5.30. The molecule has 158 valence electrons. The first-order valence-electron chi connectivity index (χ1n) is 10.4. The molecule has 2 aromatic carbocycles. The molecule has 1 aromatic heterocycles. The summed E-state index contributed by atoms with van der Waals surface area (Å²) < 4.78 is 2.11. The van der Waals surface area contributed by atoms with Gasteiger partial charge in [-0.25, -0.2) is 0 Å². The molecule has 1 amide bonds. The standard InChI is InChI=1S/C24H30N4OS/c1-6-28-22(26-27-24(28)30-15-19-11-7-17(4)8-12-19)21(16(2)3)25-23(29)20-13-9-18(5)10-14-20/h7-14,16,21H,6,15H2,1-5H3,(H,25,29)/t21-/m0/s1. The summed E-state index contributed by atoms with van der Waals surface area (Å²) >= 11 is 1.67. The molecule has 5 nitrogen and oxygen atoms in total. The van der Waals surface area contributed by atoms with Gasteiger partial charge in [0.2, 0.25) is 0 Å². The minimum Gasteiger partial charge on any atom is -0.342 e. The predicted octanol–water partition coefficient (Wildman–Crippen LogP) is 5.33. The lowest BCUT2D eigenvalue weighted by Crippen LogP contribution is -2.33. The number of aryl methyl sites for hydroxylation is 2. The van der Waals surface area contributed by atoms with E-state index in [2.05, 4.69) is 72.0 Å². The van der Waals surface area contributed by atoms with Crippen molar-refractivity contribution in [3.05, 3.63) is 76.6 Å². The van der Waals surface area contributed by atoms with Crippen LogP contribution in [0.1, 0.15) is 59.7 Å². The normalized spacial score (nSPS) is 12.2. The molecule has 3 aromatic rings. The zero-order chi connectivity index (χ0) is 21.7. The Morgan fingerprint density at radius 3 is 2.17 bits per heavy atom. The maximum Gasteiger partial charge on any atom is 0.251 e. The van der Waals surface area contributed by atoms with Crippen LogP contribution in [0.2, 0.25) is 0 Å². The van der Waals surface area contributed by atoms with Gasteiger partial charge in [0, 0.05) is 17.9 Å². The first kappa shape index (κ1) is 22.1. The van der Waals surface area contributed by atoms with Crippen molar-refractivity contribution in [1.29, 1.82) is 0 Å². The monoisotopic (exact) mass is 422 g/mol. The highest BCUT2D eigenvalue weighted by Gasteiger charge is 2.26. The molecule has 6 heteroatoms. The fraction of sp³-hybridized carbons (Fsp3) is 0.375. The molecule has 0 bridgehead atoms. The van der Waals surface area contributed by atoms with Gasteiger partial charge < -0.3 is 9.88 Å². The van der Waals surface area contributed by atoms with Crippen molar-refractivity contribution < 1.29 is 4.79 Å². The lowest BCUT2D eigenvalue weighted by atomic mass is 10.0. The van der Waals surface area contributed by atoms with Gasteiger partial charge in [0.1, 0.15) is 0 Å². The summed E-state index contributed by atoms with van der Waals surface area (Å²) in [6, 6.07) is 16.0. The summed E-state index contributed by atoms with van der Waals surface area (Å²) in [5, 5.41) is 13.0. The number of hydrogen-bond donors (Lipinski definition) is 1. The molecule has 0 saturated heterocycles. The summed E-state index contributed by atoms with van der Waals surface area (Å²) in [5.74, 6) is 1.73. The third-order valence-electron chi connectivity index (χ3n) is 5.10. The predicted molar refractivity (Wildman–Crippen MR) is 123 cm³/mol. The van der Waals surface area contributed by atoms with Gasteiger partial charge in [0.15, 0.2) is 11.0 Å². The highest BCUT2D eigenvalue weighted by Crippen LogP contribution is 2.27. The van der Waals surface area contributed by atoms with Crippen molar-refractivity contribution in [1.82, 2.24) is 20.1 Å². The van der Waals surface area contributed by atoms with Crippen molar-refractivity contribution >= 4 is 17.7 Å². The van der Waals surface area contributed by atoms with Crippen LogP contribution in [0.5, 0.6) is 0 Å². The van der Waals surface area contributed by atoms with Gasteiger partial charge in [-0.1, -0.05) is 73.1 Å². The Balaban J connectivity index is 1.78. The number of rotatable bonds is 8. The minimum atomic E-state index is -0.208. The Morgan fingerprint density at radius 2 is 1.60 bits per heavy atom. The van der Waals surface area contributed by atoms with Crippen LogP contribution in [0.25, 0.3) is 0 Å². The first-order valence-corrected chi connectivity index (χ1v) is 11.4. The van der Waals surface area contributed by atoms with Crippen molar-refractivity contribution in [3.63, 3.8) is 0 Å². The van der Waals surface area contributed by atoms with E-state index in [0.29, 0.717) is 5.56 Å². The second-order valence-electron chi connectivity index (χ2n) is 7.92. The second kappa shape index (κ2) is 9.94. The van der Waals surface area contributed by atoms with Crippen LogP contribution >= 0.6 is 11.8 Å². The lowest BCUT2D eigenvalue weighted by molar-refractivity contribution is 0.0922. The fourth-order valence-electron chi connectivity index (χ4n) is 3.23. The summed E-state index contributed by atoms with van der Waals surface area (Å²) in [6.45, 7) is 11.1. The average molecular weight is 423 g/mol. The summed E-state index contributed by atoms with van der Waals surface area (Å²) in [5.41, 5.74) is 4.30. The van der Waals surface area contributed by atoms with Gasteiger partial charge >= 0.3 is 0 Å². The van der Waals surface area contributed by atoms with Crippen LogP contribution in [-0.4, -0.2) is 20.7 Å². The van der Waals surface area contributed by atoms with Gasteiger partial charge in [-0.15, -0.1) is 10.2 Å². The zero-order valence-corrected chi connectivity index (χ0v) is 19.2. The SMILES string of the molecule is CCn1c(SCc2ccc(C)cc2)nnc1[C@@H](NC(=O)c1ccc(C)cc1)C(C)C. The van der Waals surface area contributed by atoms with E-state index < -0.39 is 0 Å². The summed E-state index contributed by atoms with van der Waals surface area (Å²) in [4.78, 5) is 12.8. The number of carbonyl (C=O) groups excluding carboxylic acids is 1. The van der Waals surface area contributed by atoms with Crippen LogP contribution in [0.15, 0.2) is 53.7 Å². The fourth-order valence-corrected chi connectivity index (χ4v) is 4.19. The molecule has 0 aliphatic heterocycles. The molecule has 0 saturated carbocycles. The second-order valence-corrected chi connectivity index (χ2v) is 8.86. The number of aromatic nitrogens is 3. The first-order chi connectivity index (χ1) is 14.4. The molecule has 0 radical (unpaired) electrons. The molecule has 1 atom stereocenters. The smallest absolute Gasteiger partial charge is 0.251 e. The molecule has 0 aliphatic rings. The number of nitrogens with zero attached hydrogens (tertiary/aromatic N) is 3. The molecular formula is C24H30N4OS.